The quantitative estimate of drug-likeness (QED) is 0.762. The number of pyridine rings is 1. The van der Waals surface area contributed by atoms with E-state index in [-0.39, 0.29) is 23.7 Å². The molecule has 2 unspecified atom stereocenters. The number of hydrogen-bond donors (Lipinski definition) is 1. The van der Waals surface area contributed by atoms with Gasteiger partial charge in [-0.15, -0.1) is 0 Å². The lowest BCUT2D eigenvalue weighted by Gasteiger charge is -2.29. The third kappa shape index (κ3) is 2.93. The molecule has 2 amide bonds. The predicted octanol–water partition coefficient (Wildman–Crippen LogP) is 3.79. The van der Waals surface area contributed by atoms with Gasteiger partial charge in [-0.25, -0.2) is 0 Å². The predicted molar refractivity (Wildman–Crippen MR) is 109 cm³/mol. The highest BCUT2D eigenvalue weighted by Gasteiger charge is 2.50. The maximum Gasteiger partial charge on any atom is 0.230 e. The Kier molecular flexibility index (Phi) is 4.08. The fourth-order valence-corrected chi connectivity index (χ4v) is 4.15. The van der Waals surface area contributed by atoms with Crippen LogP contribution < -0.4 is 10.2 Å². The molecular weight excluding hydrogens is 350 g/mol. The Morgan fingerprint density at radius 3 is 2.79 bits per heavy atom. The molecule has 28 heavy (non-hydrogen) atoms. The molecule has 5 heteroatoms. The maximum absolute atomic E-state index is 13.0. The van der Waals surface area contributed by atoms with Gasteiger partial charge in [0, 0.05) is 23.8 Å². The van der Waals surface area contributed by atoms with Gasteiger partial charge in [-0.2, -0.15) is 0 Å². The first-order chi connectivity index (χ1) is 13.7. The zero-order chi connectivity index (χ0) is 19.1. The molecule has 0 bridgehead atoms. The molecule has 2 aliphatic rings. The number of nitrogens with one attached hydrogen (secondary N) is 1. The molecule has 1 fully saturated rings. The van der Waals surface area contributed by atoms with Crippen molar-refractivity contribution < 1.29 is 9.59 Å². The van der Waals surface area contributed by atoms with Crippen molar-refractivity contribution in [3.05, 3.63) is 66.4 Å². The molecular formula is C23H21N3O2. The number of aromatic nitrogens is 1. The van der Waals surface area contributed by atoms with E-state index in [1.807, 2.05) is 53.4 Å². The van der Waals surface area contributed by atoms with E-state index in [1.165, 1.54) is 5.56 Å². The van der Waals surface area contributed by atoms with E-state index >= 15 is 0 Å². The zero-order valence-corrected chi connectivity index (χ0v) is 15.5. The van der Waals surface area contributed by atoms with E-state index in [0.717, 1.165) is 36.0 Å². The minimum atomic E-state index is -0.263. The smallest absolute Gasteiger partial charge is 0.230 e. The van der Waals surface area contributed by atoms with Gasteiger partial charge < -0.3 is 10.2 Å². The highest BCUT2D eigenvalue weighted by atomic mass is 16.2. The fourth-order valence-electron chi connectivity index (χ4n) is 4.15. The molecule has 1 aromatic heterocycles. The van der Waals surface area contributed by atoms with E-state index < -0.39 is 0 Å². The van der Waals surface area contributed by atoms with Gasteiger partial charge in [-0.3, -0.25) is 14.6 Å². The molecule has 1 N–H and O–H groups in total. The minimum Gasteiger partial charge on any atom is -0.324 e. The number of carbonyl (C=O) groups is 2. The van der Waals surface area contributed by atoms with Gasteiger partial charge in [0.2, 0.25) is 11.8 Å². The van der Waals surface area contributed by atoms with Gasteiger partial charge >= 0.3 is 0 Å². The van der Waals surface area contributed by atoms with Crippen LogP contribution in [0.1, 0.15) is 18.4 Å². The number of hydrogen-bond acceptors (Lipinski definition) is 3. The van der Waals surface area contributed by atoms with Crippen molar-refractivity contribution >= 4 is 34.1 Å². The SMILES string of the molecule is O=C(Nc1cccc2cccnc12)C1CC1C(=O)N1CCCc2ccccc21. The van der Waals surface area contributed by atoms with Crippen molar-refractivity contribution in [3.63, 3.8) is 0 Å². The van der Waals surface area contributed by atoms with Crippen LogP contribution in [0.5, 0.6) is 0 Å². The molecule has 3 aromatic rings. The topological polar surface area (TPSA) is 62.3 Å². The fraction of sp³-hybridized carbons (Fsp3) is 0.261. The second-order valence-electron chi connectivity index (χ2n) is 7.54. The summed E-state index contributed by atoms with van der Waals surface area (Å²) in [7, 11) is 0. The van der Waals surface area contributed by atoms with E-state index in [2.05, 4.69) is 16.4 Å². The highest BCUT2D eigenvalue weighted by Crippen LogP contribution is 2.43. The monoisotopic (exact) mass is 371 g/mol. The number of benzene rings is 2. The van der Waals surface area contributed by atoms with Crippen LogP contribution in [0.15, 0.2) is 60.8 Å². The first-order valence-electron chi connectivity index (χ1n) is 9.76. The Morgan fingerprint density at radius 1 is 1.00 bits per heavy atom. The van der Waals surface area contributed by atoms with E-state index in [1.54, 1.807) is 6.20 Å². The molecule has 5 nitrogen and oxygen atoms in total. The van der Waals surface area contributed by atoms with E-state index in [0.29, 0.717) is 12.1 Å². The number of fused-ring (bicyclic) bond motifs is 2. The van der Waals surface area contributed by atoms with Crippen molar-refractivity contribution in [2.24, 2.45) is 11.8 Å². The van der Waals surface area contributed by atoms with Crippen molar-refractivity contribution in [1.29, 1.82) is 0 Å². The van der Waals surface area contributed by atoms with Crippen molar-refractivity contribution in [2.45, 2.75) is 19.3 Å². The van der Waals surface area contributed by atoms with E-state index in [9.17, 15) is 9.59 Å². The summed E-state index contributed by atoms with van der Waals surface area (Å²) in [5, 5.41) is 3.96. The average Bonchev–Trinajstić information content (AvgIpc) is 3.54. The van der Waals surface area contributed by atoms with Crippen LogP contribution in [0.25, 0.3) is 10.9 Å². The van der Waals surface area contributed by atoms with Gasteiger partial charge in [-0.05, 0) is 43.0 Å². The van der Waals surface area contributed by atoms with Crippen molar-refractivity contribution in [2.75, 3.05) is 16.8 Å². The summed E-state index contributed by atoms with van der Waals surface area (Å²) in [5.41, 5.74) is 3.69. The molecule has 2 heterocycles. The normalized spacial score (nSPS) is 20.5. The molecule has 2 atom stereocenters. The molecule has 0 spiro atoms. The van der Waals surface area contributed by atoms with Gasteiger partial charge in [0.1, 0.15) is 0 Å². The second-order valence-corrected chi connectivity index (χ2v) is 7.54. The summed E-state index contributed by atoms with van der Waals surface area (Å²) in [6.07, 6.45) is 4.30. The Morgan fingerprint density at radius 2 is 1.86 bits per heavy atom. The summed E-state index contributed by atoms with van der Waals surface area (Å²) in [6, 6.07) is 17.6. The standard InChI is InChI=1S/C23H21N3O2/c27-22(25-19-10-3-7-16-8-4-12-24-21(16)19)17-14-18(17)23(28)26-13-5-9-15-6-1-2-11-20(15)26/h1-4,6-8,10-12,17-18H,5,9,13-14H2,(H,25,27). The Hall–Kier alpha value is -3.21. The third-order valence-electron chi connectivity index (χ3n) is 5.71. The number of aryl methyl sites for hydroxylation is 1. The molecule has 140 valence electrons. The highest BCUT2D eigenvalue weighted by molar-refractivity contribution is 6.07. The lowest BCUT2D eigenvalue weighted by molar-refractivity contribution is -0.123. The zero-order valence-electron chi connectivity index (χ0n) is 15.5. The van der Waals surface area contributed by atoms with Crippen LogP contribution in [0.3, 0.4) is 0 Å². The van der Waals surface area contributed by atoms with Crippen LogP contribution in [0, 0.1) is 11.8 Å². The minimum absolute atomic E-state index is 0.0725. The van der Waals surface area contributed by atoms with Crippen LogP contribution in [-0.2, 0) is 16.0 Å². The van der Waals surface area contributed by atoms with Gasteiger partial charge in [0.05, 0.1) is 23.0 Å². The number of nitrogens with zero attached hydrogens (tertiary/aromatic N) is 2. The van der Waals surface area contributed by atoms with Crippen LogP contribution in [0.2, 0.25) is 0 Å². The number of para-hydroxylation sites is 2. The molecule has 0 saturated heterocycles. The van der Waals surface area contributed by atoms with Gasteiger partial charge in [0.15, 0.2) is 0 Å². The average molecular weight is 371 g/mol. The van der Waals surface area contributed by atoms with Crippen LogP contribution >= 0.6 is 0 Å². The number of anilines is 2. The van der Waals surface area contributed by atoms with Gasteiger partial charge in [0.25, 0.3) is 0 Å². The second kappa shape index (κ2) is 6.75. The molecule has 1 aliphatic heterocycles. The molecule has 1 saturated carbocycles. The largest absolute Gasteiger partial charge is 0.324 e. The lowest BCUT2D eigenvalue weighted by atomic mass is 10.0. The Balaban J connectivity index is 1.31. The Labute approximate surface area is 163 Å². The van der Waals surface area contributed by atoms with Crippen molar-refractivity contribution in [1.82, 2.24) is 4.98 Å². The van der Waals surface area contributed by atoms with Gasteiger partial charge in [-0.1, -0.05) is 36.4 Å². The number of carbonyl (C=O) groups excluding carboxylic acids is 2. The van der Waals surface area contributed by atoms with Crippen LogP contribution in [-0.4, -0.2) is 23.3 Å². The molecule has 5 rings (SSSR count). The summed E-state index contributed by atoms with van der Waals surface area (Å²) in [6.45, 7) is 0.730. The van der Waals surface area contributed by atoms with E-state index in [4.69, 9.17) is 0 Å². The summed E-state index contributed by atoms with van der Waals surface area (Å²) in [5.74, 6) is -0.514. The number of amides is 2. The molecule has 1 aliphatic carbocycles. The molecule has 0 radical (unpaired) electrons. The summed E-state index contributed by atoms with van der Waals surface area (Å²) < 4.78 is 0. The molecule has 2 aromatic carbocycles. The lowest BCUT2D eigenvalue weighted by Crippen LogP contribution is -2.37. The number of rotatable bonds is 3. The summed E-state index contributed by atoms with van der Waals surface area (Å²) in [4.78, 5) is 32.0. The third-order valence-corrected chi connectivity index (χ3v) is 5.71. The maximum atomic E-state index is 13.0. The van der Waals surface area contributed by atoms with Crippen LogP contribution in [0.4, 0.5) is 11.4 Å². The Bertz CT molecular complexity index is 1070. The first-order valence-corrected chi connectivity index (χ1v) is 9.76. The summed E-state index contributed by atoms with van der Waals surface area (Å²) >= 11 is 0. The first kappa shape index (κ1) is 16.9. The van der Waals surface area contributed by atoms with Crippen molar-refractivity contribution in [3.8, 4) is 0 Å².